The van der Waals surface area contributed by atoms with Crippen molar-refractivity contribution in [3.8, 4) is 5.75 Å². The first-order valence-corrected chi connectivity index (χ1v) is 15.2. The van der Waals surface area contributed by atoms with E-state index in [1.165, 1.54) is 27.7 Å². The molecule has 3 N–H and O–H groups in total. The number of rotatable bonds is 8. The number of thiazole rings is 1. The number of benzene rings is 3. The molecule has 2 atom stereocenters. The van der Waals surface area contributed by atoms with Crippen LogP contribution in [-0.4, -0.2) is 29.9 Å². The van der Waals surface area contributed by atoms with Crippen molar-refractivity contribution in [3.63, 3.8) is 0 Å². The minimum absolute atomic E-state index is 0.0197. The first-order valence-electron chi connectivity index (χ1n) is 14.4. The highest BCUT2D eigenvalue weighted by Gasteiger charge is 2.27. The smallest absolute Gasteiger partial charge is 0.229 e. The molecular formula is C32H36N4O3S. The number of nitrogens with one attached hydrogen (secondary N) is 3. The van der Waals surface area contributed by atoms with Crippen molar-refractivity contribution in [2.24, 2.45) is 11.8 Å². The Bertz CT molecular complexity index is 1530. The molecule has 3 aromatic carbocycles. The van der Waals surface area contributed by atoms with E-state index in [1.54, 1.807) is 7.11 Å². The van der Waals surface area contributed by atoms with Gasteiger partial charge in [0.1, 0.15) is 5.75 Å². The molecule has 2 aliphatic carbocycles. The minimum atomic E-state index is -0.0197. The molecule has 2 amide bonds. The molecule has 0 unspecified atom stereocenters. The fraction of sp³-hybridized carbons (Fsp3) is 0.406. The van der Waals surface area contributed by atoms with E-state index in [1.807, 2.05) is 24.3 Å². The molecule has 208 valence electrons. The van der Waals surface area contributed by atoms with Gasteiger partial charge in [0.15, 0.2) is 5.13 Å². The van der Waals surface area contributed by atoms with Crippen LogP contribution in [0, 0.1) is 11.8 Å². The van der Waals surface area contributed by atoms with Crippen LogP contribution in [0.4, 0.5) is 10.8 Å². The summed E-state index contributed by atoms with van der Waals surface area (Å²) in [5.74, 6) is 1.10. The Kier molecular flexibility index (Phi) is 7.98. The largest absolute Gasteiger partial charge is 0.497 e. The van der Waals surface area contributed by atoms with Crippen LogP contribution >= 0.6 is 11.3 Å². The third-order valence-corrected chi connectivity index (χ3v) is 9.30. The zero-order chi connectivity index (χ0) is 27.5. The van der Waals surface area contributed by atoms with E-state index < -0.39 is 0 Å². The van der Waals surface area contributed by atoms with E-state index in [0.29, 0.717) is 11.2 Å². The predicted molar refractivity (Wildman–Crippen MR) is 162 cm³/mol. The van der Waals surface area contributed by atoms with Gasteiger partial charge in [-0.1, -0.05) is 48.8 Å². The summed E-state index contributed by atoms with van der Waals surface area (Å²) in [6.45, 7) is 0.780. The summed E-state index contributed by atoms with van der Waals surface area (Å²) in [5, 5.41) is 12.8. The molecule has 8 heteroatoms. The first-order chi connectivity index (χ1) is 19.5. The molecule has 1 aromatic heterocycles. The van der Waals surface area contributed by atoms with Gasteiger partial charge in [-0.15, -0.1) is 0 Å². The summed E-state index contributed by atoms with van der Waals surface area (Å²) in [7, 11) is 1.69. The molecule has 1 heterocycles. The van der Waals surface area contributed by atoms with Crippen LogP contribution in [0.3, 0.4) is 0 Å². The maximum atomic E-state index is 13.2. The number of carbonyl (C=O) groups excluding carboxylic acids is 2. The molecule has 4 aromatic rings. The Hall–Kier alpha value is -3.49. The summed E-state index contributed by atoms with van der Waals surface area (Å²) < 4.78 is 6.29. The van der Waals surface area contributed by atoms with E-state index in [2.05, 4.69) is 51.3 Å². The summed E-state index contributed by atoms with van der Waals surface area (Å²) in [6.07, 6.45) is 8.02. The minimum Gasteiger partial charge on any atom is -0.497 e. The summed E-state index contributed by atoms with van der Waals surface area (Å²) in [6, 6.07) is 18.7. The van der Waals surface area contributed by atoms with Crippen molar-refractivity contribution in [2.75, 3.05) is 17.7 Å². The van der Waals surface area contributed by atoms with E-state index >= 15 is 0 Å². The van der Waals surface area contributed by atoms with Crippen LogP contribution < -0.4 is 20.7 Å². The van der Waals surface area contributed by atoms with Gasteiger partial charge in [-0.05, 0) is 84.8 Å². The highest BCUT2D eigenvalue weighted by Crippen LogP contribution is 2.32. The van der Waals surface area contributed by atoms with Crippen molar-refractivity contribution in [1.82, 2.24) is 10.3 Å². The molecular weight excluding hydrogens is 520 g/mol. The molecule has 2 saturated carbocycles. The van der Waals surface area contributed by atoms with Crippen LogP contribution in [0.25, 0.3) is 21.0 Å². The molecule has 0 saturated heterocycles. The second-order valence-electron chi connectivity index (χ2n) is 11.2. The average molecular weight is 557 g/mol. The topological polar surface area (TPSA) is 92.3 Å². The molecule has 6 rings (SSSR count). The normalized spacial score (nSPS) is 19.6. The third-order valence-electron chi connectivity index (χ3n) is 8.36. The number of methoxy groups -OCH3 is 1. The van der Waals surface area contributed by atoms with E-state index in [4.69, 9.17) is 4.74 Å². The lowest BCUT2D eigenvalue weighted by Crippen LogP contribution is -2.37. The van der Waals surface area contributed by atoms with E-state index in [-0.39, 0.29) is 23.7 Å². The monoisotopic (exact) mass is 556 g/mol. The fourth-order valence-corrected chi connectivity index (χ4v) is 6.99. The number of anilines is 2. The van der Waals surface area contributed by atoms with E-state index in [0.717, 1.165) is 79.6 Å². The number of hydrogen-bond donors (Lipinski definition) is 3. The quantitative estimate of drug-likeness (QED) is 0.220. The molecule has 0 aliphatic heterocycles. The van der Waals surface area contributed by atoms with Gasteiger partial charge >= 0.3 is 0 Å². The number of nitrogens with zero attached hydrogens (tertiary/aromatic N) is 1. The van der Waals surface area contributed by atoms with Crippen LogP contribution in [0.15, 0.2) is 54.6 Å². The van der Waals surface area contributed by atoms with Crippen LogP contribution in [0.2, 0.25) is 0 Å². The fourth-order valence-electron chi connectivity index (χ4n) is 6.08. The number of fused-ring (bicyclic) bond motifs is 2. The Morgan fingerprint density at radius 2 is 1.65 bits per heavy atom. The molecule has 0 spiro atoms. The van der Waals surface area contributed by atoms with Crippen molar-refractivity contribution >= 4 is 55.0 Å². The summed E-state index contributed by atoms with van der Waals surface area (Å²) in [5.41, 5.74) is 2.85. The molecule has 0 bridgehead atoms. The molecule has 40 heavy (non-hydrogen) atoms. The average Bonchev–Trinajstić information content (AvgIpc) is 3.66. The zero-order valence-electron chi connectivity index (χ0n) is 22.9. The lowest BCUT2D eigenvalue weighted by atomic mass is 9.85. The Balaban J connectivity index is 1.03. The highest BCUT2D eigenvalue weighted by atomic mass is 32.1. The maximum absolute atomic E-state index is 13.2. The predicted octanol–water partition coefficient (Wildman–Crippen LogP) is 6.87. The zero-order valence-corrected chi connectivity index (χ0v) is 23.7. The SMILES string of the molecule is COc1ccc2cc(CN[C@H]3CCC[C@@H](C(=O)Nc4ccc5nc(NC(=O)C6CCCC6)sc5c4)C3)ccc2c1. The second kappa shape index (κ2) is 11.9. The number of carbonyl (C=O) groups is 2. The Morgan fingerprint density at radius 3 is 2.50 bits per heavy atom. The van der Waals surface area contributed by atoms with Crippen molar-refractivity contribution in [1.29, 1.82) is 0 Å². The lowest BCUT2D eigenvalue weighted by molar-refractivity contribution is -0.121. The number of hydrogen-bond acceptors (Lipinski definition) is 6. The van der Waals surface area contributed by atoms with E-state index in [9.17, 15) is 9.59 Å². The summed E-state index contributed by atoms with van der Waals surface area (Å²) in [4.78, 5) is 30.3. The first kappa shape index (κ1) is 26.7. The van der Waals surface area contributed by atoms with Gasteiger partial charge in [0, 0.05) is 30.1 Å². The lowest BCUT2D eigenvalue weighted by Gasteiger charge is -2.29. The van der Waals surface area contributed by atoms with Gasteiger partial charge in [-0.2, -0.15) is 0 Å². The summed E-state index contributed by atoms with van der Waals surface area (Å²) >= 11 is 1.46. The van der Waals surface area contributed by atoms with Gasteiger partial charge in [0.25, 0.3) is 0 Å². The number of aromatic nitrogens is 1. The molecule has 2 fully saturated rings. The third kappa shape index (κ3) is 6.13. The Morgan fingerprint density at radius 1 is 0.875 bits per heavy atom. The van der Waals surface area contributed by atoms with Crippen LogP contribution in [0.5, 0.6) is 5.75 Å². The maximum Gasteiger partial charge on any atom is 0.229 e. The number of amides is 2. The van der Waals surface area contributed by atoms with Crippen molar-refractivity contribution in [3.05, 3.63) is 60.2 Å². The standard InChI is InChI=1S/C32H36N4O3S/c1-39-27-13-11-22-15-20(9-10-23(22)17-27)19-33-25-8-4-7-24(16-25)31(38)34-26-12-14-28-29(18-26)40-32(35-28)36-30(37)21-5-2-3-6-21/h9-15,17-18,21,24-25,33H,2-8,16,19H2,1H3,(H,34,38)(H,35,36,37)/t24-,25+/m1/s1. The molecule has 2 aliphatic rings. The van der Waals surface area contributed by atoms with Crippen LogP contribution in [0.1, 0.15) is 56.9 Å². The Labute approximate surface area is 238 Å². The van der Waals surface area contributed by atoms with Crippen molar-refractivity contribution < 1.29 is 14.3 Å². The van der Waals surface area contributed by atoms with Gasteiger partial charge in [0.05, 0.1) is 17.3 Å². The van der Waals surface area contributed by atoms with Crippen molar-refractivity contribution in [2.45, 2.75) is 64.0 Å². The van der Waals surface area contributed by atoms with Crippen LogP contribution in [-0.2, 0) is 16.1 Å². The second-order valence-corrected chi connectivity index (χ2v) is 12.2. The molecule has 0 radical (unpaired) electrons. The molecule has 7 nitrogen and oxygen atoms in total. The van der Waals surface area contributed by atoms with Gasteiger partial charge in [-0.3, -0.25) is 9.59 Å². The van der Waals surface area contributed by atoms with Gasteiger partial charge < -0.3 is 20.7 Å². The van der Waals surface area contributed by atoms with Gasteiger partial charge in [-0.25, -0.2) is 4.98 Å². The van der Waals surface area contributed by atoms with Gasteiger partial charge in [0.2, 0.25) is 11.8 Å². The number of ether oxygens (including phenoxy) is 1. The highest BCUT2D eigenvalue weighted by molar-refractivity contribution is 7.22.